The van der Waals surface area contributed by atoms with E-state index in [-0.39, 0.29) is 11.7 Å². The fourth-order valence-corrected chi connectivity index (χ4v) is 3.02. The summed E-state index contributed by atoms with van der Waals surface area (Å²) in [6, 6.07) is 4.32. The van der Waals surface area contributed by atoms with Crippen molar-refractivity contribution in [1.29, 1.82) is 0 Å². The summed E-state index contributed by atoms with van der Waals surface area (Å²) in [6.45, 7) is 2.11. The van der Waals surface area contributed by atoms with Gasteiger partial charge in [0, 0.05) is 11.5 Å². The van der Waals surface area contributed by atoms with Gasteiger partial charge in [0.2, 0.25) is 0 Å². The number of ether oxygens (including phenoxy) is 1. The van der Waals surface area contributed by atoms with E-state index >= 15 is 0 Å². The molecule has 0 bridgehead atoms. The average Bonchev–Trinajstić information content (AvgIpc) is 2.38. The molecular formula is C15H19FO3. The molecule has 1 aliphatic rings. The van der Waals surface area contributed by atoms with Crippen molar-refractivity contribution in [3.05, 3.63) is 29.6 Å². The van der Waals surface area contributed by atoms with Crippen molar-refractivity contribution >= 4 is 5.97 Å². The molecule has 0 aromatic heterocycles. The van der Waals surface area contributed by atoms with Crippen LogP contribution in [0.25, 0.3) is 0 Å². The Morgan fingerprint density at radius 3 is 2.79 bits per heavy atom. The average molecular weight is 266 g/mol. The number of rotatable bonds is 3. The molecule has 4 heteroatoms. The van der Waals surface area contributed by atoms with Crippen molar-refractivity contribution < 1.29 is 19.0 Å². The SMILES string of the molecule is COc1ccc(F)cc1C1CC(C)CCC1C(=O)O. The van der Waals surface area contributed by atoms with Crippen LogP contribution in [-0.2, 0) is 4.79 Å². The summed E-state index contributed by atoms with van der Waals surface area (Å²) in [4.78, 5) is 11.4. The third-order valence-corrected chi connectivity index (χ3v) is 4.02. The van der Waals surface area contributed by atoms with Gasteiger partial charge in [0.15, 0.2) is 0 Å². The Labute approximate surface area is 112 Å². The highest BCUT2D eigenvalue weighted by atomic mass is 19.1. The second-order valence-corrected chi connectivity index (χ2v) is 5.36. The largest absolute Gasteiger partial charge is 0.496 e. The maximum atomic E-state index is 13.5. The fraction of sp³-hybridized carbons (Fsp3) is 0.533. The molecule has 0 amide bonds. The smallest absolute Gasteiger partial charge is 0.307 e. The first-order valence-corrected chi connectivity index (χ1v) is 6.59. The molecule has 19 heavy (non-hydrogen) atoms. The van der Waals surface area contributed by atoms with Gasteiger partial charge in [-0.25, -0.2) is 4.39 Å². The highest BCUT2D eigenvalue weighted by molar-refractivity contribution is 5.72. The van der Waals surface area contributed by atoms with Crippen LogP contribution in [0.15, 0.2) is 18.2 Å². The Morgan fingerprint density at radius 2 is 2.16 bits per heavy atom. The molecule has 1 aromatic carbocycles. The second-order valence-electron chi connectivity index (χ2n) is 5.36. The fourth-order valence-electron chi connectivity index (χ4n) is 3.02. The Kier molecular flexibility index (Phi) is 4.08. The van der Waals surface area contributed by atoms with Crippen LogP contribution in [0.5, 0.6) is 5.75 Å². The Morgan fingerprint density at radius 1 is 1.42 bits per heavy atom. The van der Waals surface area contributed by atoms with E-state index in [0.717, 1.165) is 12.8 Å². The number of aliphatic carboxylic acids is 1. The lowest BCUT2D eigenvalue weighted by Gasteiger charge is -2.33. The molecule has 3 unspecified atom stereocenters. The molecule has 1 saturated carbocycles. The van der Waals surface area contributed by atoms with E-state index in [1.807, 2.05) is 0 Å². The molecule has 1 aromatic rings. The molecule has 0 aliphatic heterocycles. The second kappa shape index (κ2) is 5.59. The first kappa shape index (κ1) is 13.8. The standard InChI is InChI=1S/C15H19FO3/c1-9-3-5-11(15(17)18)12(7-9)13-8-10(16)4-6-14(13)19-2/h4,6,8-9,11-12H,3,5,7H2,1-2H3,(H,17,18). The first-order valence-electron chi connectivity index (χ1n) is 6.59. The lowest BCUT2D eigenvalue weighted by Crippen LogP contribution is -2.28. The zero-order valence-corrected chi connectivity index (χ0v) is 11.2. The van der Waals surface area contributed by atoms with Crippen molar-refractivity contribution in [2.75, 3.05) is 7.11 Å². The van der Waals surface area contributed by atoms with E-state index in [4.69, 9.17) is 4.74 Å². The molecule has 0 saturated heterocycles. The number of hydrogen-bond acceptors (Lipinski definition) is 2. The molecule has 1 fully saturated rings. The van der Waals surface area contributed by atoms with E-state index in [0.29, 0.717) is 23.7 Å². The van der Waals surface area contributed by atoms with Gasteiger partial charge in [-0.05, 0) is 43.4 Å². The van der Waals surface area contributed by atoms with Gasteiger partial charge >= 0.3 is 5.97 Å². The normalized spacial score (nSPS) is 27.0. The number of carbonyl (C=O) groups is 1. The van der Waals surface area contributed by atoms with E-state index in [2.05, 4.69) is 6.92 Å². The molecule has 104 valence electrons. The summed E-state index contributed by atoms with van der Waals surface area (Å²) >= 11 is 0. The van der Waals surface area contributed by atoms with E-state index in [1.165, 1.54) is 19.2 Å². The van der Waals surface area contributed by atoms with Gasteiger partial charge in [-0.2, -0.15) is 0 Å². The third-order valence-electron chi connectivity index (χ3n) is 4.02. The van der Waals surface area contributed by atoms with E-state index in [1.54, 1.807) is 6.07 Å². The van der Waals surface area contributed by atoms with Gasteiger partial charge in [0.25, 0.3) is 0 Å². The molecule has 2 rings (SSSR count). The summed E-state index contributed by atoms with van der Waals surface area (Å²) in [6.07, 6.45) is 2.31. The minimum absolute atomic E-state index is 0.174. The Bertz CT molecular complexity index is 472. The number of carboxylic acids is 1. The quantitative estimate of drug-likeness (QED) is 0.911. The van der Waals surface area contributed by atoms with E-state index in [9.17, 15) is 14.3 Å². The van der Waals surface area contributed by atoms with Crippen molar-refractivity contribution in [2.24, 2.45) is 11.8 Å². The topological polar surface area (TPSA) is 46.5 Å². The van der Waals surface area contributed by atoms with E-state index < -0.39 is 11.9 Å². The highest BCUT2D eigenvalue weighted by Gasteiger charge is 2.36. The summed E-state index contributed by atoms with van der Waals surface area (Å²) in [7, 11) is 1.53. The Hall–Kier alpha value is -1.58. The lowest BCUT2D eigenvalue weighted by molar-refractivity contribution is -0.143. The molecular weight excluding hydrogens is 247 g/mol. The summed E-state index contributed by atoms with van der Waals surface area (Å²) in [5, 5.41) is 9.35. The van der Waals surface area contributed by atoms with Crippen LogP contribution in [0.3, 0.4) is 0 Å². The van der Waals surface area contributed by atoms with Crippen molar-refractivity contribution in [3.63, 3.8) is 0 Å². The van der Waals surface area contributed by atoms with Crippen LogP contribution in [0, 0.1) is 17.7 Å². The minimum atomic E-state index is -0.803. The van der Waals surface area contributed by atoms with Crippen LogP contribution < -0.4 is 4.74 Å². The van der Waals surface area contributed by atoms with Gasteiger partial charge in [0.1, 0.15) is 11.6 Å². The van der Waals surface area contributed by atoms with Crippen molar-refractivity contribution in [2.45, 2.75) is 32.1 Å². The van der Waals surface area contributed by atoms with Gasteiger partial charge in [0.05, 0.1) is 13.0 Å². The molecule has 0 radical (unpaired) electrons. The number of carboxylic acid groups (broad SMARTS) is 1. The van der Waals surface area contributed by atoms with Gasteiger partial charge in [-0.15, -0.1) is 0 Å². The van der Waals surface area contributed by atoms with Crippen LogP contribution in [-0.4, -0.2) is 18.2 Å². The summed E-state index contributed by atoms with van der Waals surface area (Å²) < 4.78 is 18.7. The zero-order chi connectivity index (χ0) is 14.0. The summed E-state index contributed by atoms with van der Waals surface area (Å²) in [5.74, 6) is -0.750. The van der Waals surface area contributed by atoms with Gasteiger partial charge in [-0.3, -0.25) is 4.79 Å². The monoisotopic (exact) mass is 266 g/mol. The van der Waals surface area contributed by atoms with Crippen molar-refractivity contribution in [3.8, 4) is 5.75 Å². The zero-order valence-electron chi connectivity index (χ0n) is 11.2. The van der Waals surface area contributed by atoms with Crippen LogP contribution in [0.1, 0.15) is 37.7 Å². The maximum Gasteiger partial charge on any atom is 0.307 e. The third kappa shape index (κ3) is 2.88. The molecule has 0 heterocycles. The highest BCUT2D eigenvalue weighted by Crippen LogP contribution is 2.43. The summed E-state index contributed by atoms with van der Waals surface area (Å²) in [5.41, 5.74) is 0.682. The van der Waals surface area contributed by atoms with Crippen LogP contribution in [0.4, 0.5) is 4.39 Å². The number of benzene rings is 1. The Balaban J connectivity index is 2.40. The number of hydrogen-bond donors (Lipinski definition) is 1. The minimum Gasteiger partial charge on any atom is -0.496 e. The van der Waals surface area contributed by atoms with Crippen molar-refractivity contribution in [1.82, 2.24) is 0 Å². The molecule has 3 nitrogen and oxygen atoms in total. The van der Waals surface area contributed by atoms with Crippen LogP contribution >= 0.6 is 0 Å². The molecule has 1 N–H and O–H groups in total. The van der Waals surface area contributed by atoms with Crippen LogP contribution in [0.2, 0.25) is 0 Å². The predicted molar refractivity (Wildman–Crippen MR) is 69.8 cm³/mol. The number of halogens is 1. The maximum absolute atomic E-state index is 13.5. The molecule has 0 spiro atoms. The lowest BCUT2D eigenvalue weighted by atomic mass is 9.71. The molecule has 3 atom stereocenters. The van der Waals surface area contributed by atoms with Gasteiger partial charge in [-0.1, -0.05) is 6.92 Å². The molecule has 1 aliphatic carbocycles. The number of methoxy groups -OCH3 is 1. The van der Waals surface area contributed by atoms with Gasteiger partial charge < -0.3 is 9.84 Å². The predicted octanol–water partition coefficient (Wildman–Crippen LogP) is 3.44. The first-order chi connectivity index (χ1) is 9.02.